The summed E-state index contributed by atoms with van der Waals surface area (Å²) < 4.78 is 7.19. The van der Waals surface area contributed by atoms with Crippen molar-refractivity contribution in [2.24, 2.45) is 0 Å². The Morgan fingerprint density at radius 2 is 2.00 bits per heavy atom. The molecule has 1 aromatic carbocycles. The third-order valence-corrected chi connectivity index (χ3v) is 3.95. The summed E-state index contributed by atoms with van der Waals surface area (Å²) in [6.07, 6.45) is 6.17. The van der Waals surface area contributed by atoms with Crippen LogP contribution in [0.5, 0.6) is 0 Å². The summed E-state index contributed by atoms with van der Waals surface area (Å²) in [5.41, 5.74) is 1.98. The molecule has 1 fully saturated rings. The van der Waals surface area contributed by atoms with Crippen LogP contribution in [-0.2, 0) is 6.42 Å². The minimum atomic E-state index is 0.504. The predicted octanol–water partition coefficient (Wildman–Crippen LogP) is 3.11. The Morgan fingerprint density at radius 3 is 2.76 bits per heavy atom. The first-order chi connectivity index (χ1) is 10.4. The normalized spacial score (nSPS) is 15.0. The van der Waals surface area contributed by atoms with E-state index in [9.17, 15) is 0 Å². The molecule has 0 amide bonds. The van der Waals surface area contributed by atoms with Gasteiger partial charge in [0.15, 0.2) is 5.82 Å². The Labute approximate surface area is 122 Å². The van der Waals surface area contributed by atoms with Crippen molar-refractivity contribution in [1.29, 1.82) is 0 Å². The van der Waals surface area contributed by atoms with Crippen LogP contribution in [0.2, 0.25) is 0 Å². The second kappa shape index (κ2) is 5.16. The van der Waals surface area contributed by atoms with Crippen LogP contribution < -0.4 is 0 Å². The first kappa shape index (κ1) is 12.3. The lowest BCUT2D eigenvalue weighted by Crippen LogP contribution is -2.10. The molecular weight excluding hydrogens is 264 g/mol. The first-order valence-electron chi connectivity index (χ1n) is 7.31. The molecule has 0 N–H and O–H groups in total. The van der Waals surface area contributed by atoms with Gasteiger partial charge in [-0.05, 0) is 31.0 Å². The second-order valence-corrected chi connectivity index (χ2v) is 5.44. The van der Waals surface area contributed by atoms with E-state index in [2.05, 4.69) is 15.2 Å². The highest BCUT2D eigenvalue weighted by Crippen LogP contribution is 2.34. The molecule has 0 radical (unpaired) electrons. The van der Waals surface area contributed by atoms with Gasteiger partial charge in [-0.1, -0.05) is 29.8 Å². The number of hydrogen-bond donors (Lipinski definition) is 0. The van der Waals surface area contributed by atoms with Crippen molar-refractivity contribution >= 4 is 0 Å². The van der Waals surface area contributed by atoms with Crippen molar-refractivity contribution in [3.63, 3.8) is 0 Å². The molecule has 106 valence electrons. The lowest BCUT2D eigenvalue weighted by Gasteiger charge is -2.20. The van der Waals surface area contributed by atoms with Gasteiger partial charge in [0.25, 0.3) is 0 Å². The Hall–Kier alpha value is -2.43. The summed E-state index contributed by atoms with van der Waals surface area (Å²) >= 11 is 0. The molecule has 1 aliphatic carbocycles. The number of benzene rings is 1. The fourth-order valence-electron chi connectivity index (χ4n) is 2.51. The molecule has 1 saturated carbocycles. The van der Waals surface area contributed by atoms with Gasteiger partial charge in [-0.3, -0.25) is 0 Å². The van der Waals surface area contributed by atoms with E-state index in [-0.39, 0.29) is 0 Å². The van der Waals surface area contributed by atoms with Crippen LogP contribution in [-0.4, -0.2) is 19.9 Å². The fourth-order valence-corrected chi connectivity index (χ4v) is 2.51. The van der Waals surface area contributed by atoms with Gasteiger partial charge in [0.1, 0.15) is 0 Å². The van der Waals surface area contributed by atoms with Crippen LogP contribution in [0.1, 0.15) is 42.6 Å². The van der Waals surface area contributed by atoms with Crippen molar-refractivity contribution in [2.75, 3.05) is 0 Å². The fraction of sp³-hybridized carbons (Fsp3) is 0.312. The van der Waals surface area contributed by atoms with Gasteiger partial charge in [-0.25, -0.2) is 4.68 Å². The molecule has 0 spiro atoms. The highest BCUT2D eigenvalue weighted by molar-refractivity contribution is 5.30. The number of aromatic nitrogens is 4. The van der Waals surface area contributed by atoms with Crippen molar-refractivity contribution < 1.29 is 4.52 Å². The van der Waals surface area contributed by atoms with Gasteiger partial charge < -0.3 is 4.52 Å². The number of hydrogen-bond acceptors (Lipinski definition) is 4. The van der Waals surface area contributed by atoms with Gasteiger partial charge in [-0.15, -0.1) is 0 Å². The molecule has 21 heavy (non-hydrogen) atoms. The van der Waals surface area contributed by atoms with E-state index >= 15 is 0 Å². The number of para-hydroxylation sites is 1. The lowest BCUT2D eigenvalue weighted by atomic mass is 9.85. The van der Waals surface area contributed by atoms with Crippen LogP contribution in [0.4, 0.5) is 0 Å². The van der Waals surface area contributed by atoms with Crippen LogP contribution in [0.15, 0.2) is 47.1 Å². The standard InChI is InChI=1S/C16H16N4O/c1-2-7-14(8-3-1)20-10-9-13(18-20)11-15-17-16(19-21-15)12-5-4-6-12/h1-3,7-10,12H,4-6,11H2. The van der Waals surface area contributed by atoms with Crippen LogP contribution in [0.3, 0.4) is 0 Å². The van der Waals surface area contributed by atoms with E-state index in [1.165, 1.54) is 19.3 Å². The molecule has 5 heteroatoms. The van der Waals surface area contributed by atoms with Gasteiger partial charge >= 0.3 is 0 Å². The SMILES string of the molecule is c1ccc(-n2ccc(Cc3nc(C4CCC4)no3)n2)cc1. The summed E-state index contributed by atoms with van der Waals surface area (Å²) in [6, 6.07) is 12.0. The van der Waals surface area contributed by atoms with Crippen molar-refractivity contribution in [3.05, 3.63) is 60.0 Å². The summed E-state index contributed by atoms with van der Waals surface area (Å²) in [7, 11) is 0. The summed E-state index contributed by atoms with van der Waals surface area (Å²) in [5.74, 6) is 2.01. The minimum absolute atomic E-state index is 0.504. The van der Waals surface area contributed by atoms with E-state index < -0.39 is 0 Å². The van der Waals surface area contributed by atoms with Crippen LogP contribution in [0, 0.1) is 0 Å². The Kier molecular flexibility index (Phi) is 3.03. The van der Waals surface area contributed by atoms with Gasteiger partial charge in [-0.2, -0.15) is 10.1 Å². The second-order valence-electron chi connectivity index (χ2n) is 5.44. The van der Waals surface area contributed by atoms with E-state index in [1.807, 2.05) is 47.3 Å². The third kappa shape index (κ3) is 2.46. The van der Waals surface area contributed by atoms with E-state index in [0.29, 0.717) is 18.2 Å². The molecule has 0 atom stereocenters. The zero-order valence-corrected chi connectivity index (χ0v) is 11.6. The molecule has 1 aliphatic rings. The average Bonchev–Trinajstić information content (AvgIpc) is 3.09. The molecule has 4 rings (SSSR count). The summed E-state index contributed by atoms with van der Waals surface area (Å²) in [5, 5.41) is 8.63. The van der Waals surface area contributed by atoms with Crippen LogP contribution in [0.25, 0.3) is 5.69 Å². The topological polar surface area (TPSA) is 56.7 Å². The van der Waals surface area contributed by atoms with Gasteiger partial charge in [0.2, 0.25) is 5.89 Å². The maximum absolute atomic E-state index is 5.33. The van der Waals surface area contributed by atoms with E-state index in [4.69, 9.17) is 4.52 Å². The first-order valence-corrected chi connectivity index (χ1v) is 7.31. The van der Waals surface area contributed by atoms with Crippen molar-refractivity contribution in [3.8, 4) is 5.69 Å². The van der Waals surface area contributed by atoms with E-state index in [1.54, 1.807) is 0 Å². The highest BCUT2D eigenvalue weighted by Gasteiger charge is 2.24. The Balaban J connectivity index is 1.50. The molecule has 0 aliphatic heterocycles. The Bertz CT molecular complexity index is 728. The molecule has 2 heterocycles. The predicted molar refractivity (Wildman–Crippen MR) is 77.3 cm³/mol. The summed E-state index contributed by atoms with van der Waals surface area (Å²) in [6.45, 7) is 0. The van der Waals surface area contributed by atoms with Crippen molar-refractivity contribution in [1.82, 2.24) is 19.9 Å². The number of nitrogens with zero attached hydrogens (tertiary/aromatic N) is 4. The Morgan fingerprint density at radius 1 is 1.14 bits per heavy atom. The maximum Gasteiger partial charge on any atom is 0.232 e. The van der Waals surface area contributed by atoms with Gasteiger partial charge in [0, 0.05) is 12.1 Å². The maximum atomic E-state index is 5.33. The largest absolute Gasteiger partial charge is 0.339 e. The highest BCUT2D eigenvalue weighted by atomic mass is 16.5. The lowest BCUT2D eigenvalue weighted by molar-refractivity contribution is 0.350. The zero-order chi connectivity index (χ0) is 14.1. The van der Waals surface area contributed by atoms with Crippen molar-refractivity contribution in [2.45, 2.75) is 31.6 Å². The molecule has 2 aromatic heterocycles. The quantitative estimate of drug-likeness (QED) is 0.736. The molecular formula is C16H16N4O. The third-order valence-electron chi connectivity index (χ3n) is 3.95. The molecule has 0 saturated heterocycles. The molecule has 0 unspecified atom stereocenters. The monoisotopic (exact) mass is 280 g/mol. The average molecular weight is 280 g/mol. The number of rotatable bonds is 4. The zero-order valence-electron chi connectivity index (χ0n) is 11.6. The van der Waals surface area contributed by atoms with Gasteiger partial charge in [0.05, 0.1) is 17.8 Å². The molecule has 0 bridgehead atoms. The summed E-state index contributed by atoms with van der Waals surface area (Å²) in [4.78, 5) is 4.48. The molecule has 5 nitrogen and oxygen atoms in total. The minimum Gasteiger partial charge on any atom is -0.339 e. The smallest absolute Gasteiger partial charge is 0.232 e. The molecule has 3 aromatic rings. The van der Waals surface area contributed by atoms with Crippen LogP contribution >= 0.6 is 0 Å². The van der Waals surface area contributed by atoms with E-state index in [0.717, 1.165) is 17.2 Å².